The van der Waals surface area contributed by atoms with Crippen molar-refractivity contribution in [2.45, 2.75) is 44.2 Å². The van der Waals surface area contributed by atoms with Crippen molar-refractivity contribution in [3.8, 4) is 5.88 Å². The van der Waals surface area contributed by atoms with Crippen LogP contribution in [0, 0.1) is 0 Å². The molecule has 1 aliphatic heterocycles. The normalized spacial score (nSPS) is 22.6. The Morgan fingerprint density at radius 3 is 2.90 bits per heavy atom. The largest absolute Gasteiger partial charge is 0.480 e. The van der Waals surface area contributed by atoms with Gasteiger partial charge in [-0.25, -0.2) is 4.98 Å². The smallest absolute Gasteiger partial charge is 0.232 e. The summed E-state index contributed by atoms with van der Waals surface area (Å²) in [6.07, 6.45) is 8.13. The van der Waals surface area contributed by atoms with Crippen molar-refractivity contribution in [3.05, 3.63) is 10.7 Å². The zero-order valence-corrected chi connectivity index (χ0v) is 13.4. The number of halogens is 1. The van der Waals surface area contributed by atoms with Crippen LogP contribution in [-0.2, 0) is 0 Å². The van der Waals surface area contributed by atoms with E-state index in [1.54, 1.807) is 13.3 Å². The third kappa shape index (κ3) is 3.23. The molecule has 0 bridgehead atoms. The number of nitrogens with one attached hydrogen (secondary N) is 1. The Kier molecular flexibility index (Phi) is 4.41. The molecule has 2 fully saturated rings. The van der Waals surface area contributed by atoms with Crippen molar-refractivity contribution in [1.82, 2.24) is 15.3 Å². The minimum atomic E-state index is 0.558. The van der Waals surface area contributed by atoms with Crippen LogP contribution in [0.5, 0.6) is 5.88 Å². The maximum atomic E-state index is 5.29. The standard InChI is InChI=1S/C14H21BrN4O/c1-20-13-12(15)8-17-14(18-13)19(11-5-6-11)9-10-4-2-3-7-16-10/h8,10-11,16H,2-7,9H2,1H3. The second-order valence-electron chi connectivity index (χ2n) is 5.56. The lowest BCUT2D eigenvalue weighted by Crippen LogP contribution is -2.45. The summed E-state index contributed by atoms with van der Waals surface area (Å²) in [5, 5.41) is 3.60. The van der Waals surface area contributed by atoms with Crippen LogP contribution in [0.15, 0.2) is 10.7 Å². The van der Waals surface area contributed by atoms with Crippen LogP contribution in [0.2, 0.25) is 0 Å². The highest BCUT2D eigenvalue weighted by molar-refractivity contribution is 9.10. The quantitative estimate of drug-likeness (QED) is 0.891. The van der Waals surface area contributed by atoms with Crippen LogP contribution < -0.4 is 15.0 Å². The molecule has 1 saturated heterocycles. The number of aromatic nitrogens is 2. The Balaban J connectivity index is 1.75. The fraction of sp³-hybridized carbons (Fsp3) is 0.714. The van der Waals surface area contributed by atoms with E-state index in [-0.39, 0.29) is 0 Å². The zero-order chi connectivity index (χ0) is 13.9. The predicted octanol–water partition coefficient (Wildman–Crippen LogP) is 2.36. The topological polar surface area (TPSA) is 50.3 Å². The molecule has 0 spiro atoms. The van der Waals surface area contributed by atoms with E-state index in [9.17, 15) is 0 Å². The van der Waals surface area contributed by atoms with Crippen molar-refractivity contribution < 1.29 is 4.74 Å². The van der Waals surface area contributed by atoms with E-state index in [0.717, 1.165) is 23.5 Å². The summed E-state index contributed by atoms with van der Waals surface area (Å²) in [5.74, 6) is 1.40. The first-order chi connectivity index (χ1) is 9.78. The molecule has 3 rings (SSSR count). The fourth-order valence-electron chi connectivity index (χ4n) is 2.72. The number of methoxy groups -OCH3 is 1. The molecule has 0 amide bonds. The third-order valence-electron chi connectivity index (χ3n) is 3.97. The lowest BCUT2D eigenvalue weighted by atomic mass is 10.0. The zero-order valence-electron chi connectivity index (χ0n) is 11.8. The van der Waals surface area contributed by atoms with Crippen molar-refractivity contribution in [1.29, 1.82) is 0 Å². The summed E-state index contributed by atoms with van der Waals surface area (Å²) in [5.41, 5.74) is 0. The predicted molar refractivity (Wildman–Crippen MR) is 82.3 cm³/mol. The first-order valence-corrected chi connectivity index (χ1v) is 8.14. The molecule has 1 unspecified atom stereocenters. The van der Waals surface area contributed by atoms with E-state index in [2.05, 4.69) is 36.1 Å². The van der Waals surface area contributed by atoms with Crippen molar-refractivity contribution in [3.63, 3.8) is 0 Å². The van der Waals surface area contributed by atoms with Gasteiger partial charge in [0.05, 0.1) is 17.8 Å². The molecule has 1 atom stereocenters. The molecule has 2 heterocycles. The monoisotopic (exact) mass is 340 g/mol. The molecule has 1 N–H and O–H groups in total. The van der Waals surface area contributed by atoms with Gasteiger partial charge < -0.3 is 15.0 Å². The summed E-state index contributed by atoms with van der Waals surface area (Å²) in [6.45, 7) is 2.13. The summed E-state index contributed by atoms with van der Waals surface area (Å²) in [4.78, 5) is 11.4. The van der Waals surface area contributed by atoms with Crippen LogP contribution >= 0.6 is 15.9 Å². The maximum Gasteiger partial charge on any atom is 0.232 e. The molecule has 5 nitrogen and oxygen atoms in total. The van der Waals surface area contributed by atoms with E-state index in [4.69, 9.17) is 4.74 Å². The van der Waals surface area contributed by atoms with Crippen LogP contribution in [0.25, 0.3) is 0 Å². The highest BCUT2D eigenvalue weighted by Gasteiger charge is 2.33. The number of rotatable bonds is 5. The average Bonchev–Trinajstić information content (AvgIpc) is 3.31. The van der Waals surface area contributed by atoms with Crippen LogP contribution in [0.1, 0.15) is 32.1 Å². The summed E-state index contributed by atoms with van der Waals surface area (Å²) < 4.78 is 6.09. The Morgan fingerprint density at radius 2 is 2.25 bits per heavy atom. The Labute approximate surface area is 128 Å². The minimum Gasteiger partial charge on any atom is -0.480 e. The van der Waals surface area contributed by atoms with Gasteiger partial charge in [0.25, 0.3) is 0 Å². The number of hydrogen-bond acceptors (Lipinski definition) is 5. The van der Waals surface area contributed by atoms with Gasteiger partial charge in [0.2, 0.25) is 11.8 Å². The number of nitrogens with zero attached hydrogens (tertiary/aromatic N) is 3. The number of piperidine rings is 1. The average molecular weight is 341 g/mol. The van der Waals surface area contributed by atoms with Gasteiger partial charge in [-0.15, -0.1) is 0 Å². The van der Waals surface area contributed by atoms with Gasteiger partial charge in [-0.05, 0) is 48.2 Å². The van der Waals surface area contributed by atoms with Crippen LogP contribution in [0.4, 0.5) is 5.95 Å². The molecule has 20 heavy (non-hydrogen) atoms. The van der Waals surface area contributed by atoms with Crippen LogP contribution in [-0.4, -0.2) is 42.3 Å². The van der Waals surface area contributed by atoms with Crippen molar-refractivity contribution >= 4 is 21.9 Å². The van der Waals surface area contributed by atoms with E-state index in [1.807, 2.05) is 0 Å². The van der Waals surface area contributed by atoms with Gasteiger partial charge >= 0.3 is 0 Å². The second kappa shape index (κ2) is 6.26. The highest BCUT2D eigenvalue weighted by Crippen LogP contribution is 2.32. The van der Waals surface area contributed by atoms with E-state index < -0.39 is 0 Å². The molecule has 1 saturated carbocycles. The molecule has 1 aromatic rings. The van der Waals surface area contributed by atoms with Crippen molar-refractivity contribution in [2.24, 2.45) is 0 Å². The van der Waals surface area contributed by atoms with Gasteiger partial charge in [0.15, 0.2) is 0 Å². The Bertz CT molecular complexity index is 460. The number of hydrogen-bond donors (Lipinski definition) is 1. The van der Waals surface area contributed by atoms with E-state index in [0.29, 0.717) is 18.0 Å². The van der Waals surface area contributed by atoms with Crippen LogP contribution in [0.3, 0.4) is 0 Å². The Hall–Kier alpha value is -0.880. The summed E-state index contributed by atoms with van der Waals surface area (Å²) in [6, 6.07) is 1.16. The molecule has 6 heteroatoms. The third-order valence-corrected chi connectivity index (χ3v) is 4.51. The molecule has 0 aromatic carbocycles. The minimum absolute atomic E-state index is 0.558. The van der Waals surface area contributed by atoms with Gasteiger partial charge in [0, 0.05) is 18.6 Å². The lowest BCUT2D eigenvalue weighted by molar-refractivity contribution is 0.387. The first kappa shape index (κ1) is 14.1. The summed E-state index contributed by atoms with van der Waals surface area (Å²) >= 11 is 3.41. The fourth-order valence-corrected chi connectivity index (χ4v) is 3.07. The van der Waals surface area contributed by atoms with Gasteiger partial charge in [-0.3, -0.25) is 0 Å². The van der Waals surface area contributed by atoms with Crippen molar-refractivity contribution in [2.75, 3.05) is 25.1 Å². The molecule has 2 aliphatic rings. The molecule has 1 aromatic heterocycles. The second-order valence-corrected chi connectivity index (χ2v) is 6.41. The molecule has 0 radical (unpaired) electrons. The summed E-state index contributed by atoms with van der Waals surface area (Å²) in [7, 11) is 1.64. The number of ether oxygens (including phenoxy) is 1. The molecule has 1 aliphatic carbocycles. The Morgan fingerprint density at radius 1 is 1.40 bits per heavy atom. The van der Waals surface area contributed by atoms with E-state index in [1.165, 1.54) is 32.1 Å². The van der Waals surface area contributed by atoms with E-state index >= 15 is 0 Å². The van der Waals surface area contributed by atoms with Gasteiger partial charge in [0.1, 0.15) is 0 Å². The molecular weight excluding hydrogens is 320 g/mol. The lowest BCUT2D eigenvalue weighted by Gasteiger charge is -2.30. The van der Waals surface area contributed by atoms with Gasteiger partial charge in [-0.1, -0.05) is 6.42 Å². The SMILES string of the molecule is COc1nc(N(CC2CCCCN2)C2CC2)ncc1Br. The first-order valence-electron chi connectivity index (χ1n) is 7.34. The van der Waals surface area contributed by atoms with Gasteiger partial charge in [-0.2, -0.15) is 4.98 Å². The maximum absolute atomic E-state index is 5.29. The number of anilines is 1. The molecular formula is C14H21BrN4O. The highest BCUT2D eigenvalue weighted by atomic mass is 79.9. The molecule has 110 valence electrons.